The number of carbonyl (C=O) groups excluding carboxylic acids is 1. The molecule has 0 saturated carbocycles. The molecule has 2 aromatic heterocycles. The molecule has 138 valence electrons. The lowest BCUT2D eigenvalue weighted by Gasteiger charge is -2.23. The average Bonchev–Trinajstić information content (AvgIpc) is 2.88. The molecule has 26 heavy (non-hydrogen) atoms. The Labute approximate surface area is 148 Å². The van der Waals surface area contributed by atoms with Crippen molar-refractivity contribution in [1.29, 1.82) is 0 Å². The minimum absolute atomic E-state index is 0.222. The Kier molecular flexibility index (Phi) is 5.24. The van der Waals surface area contributed by atoms with Crippen LogP contribution >= 0.6 is 0 Å². The zero-order chi connectivity index (χ0) is 18.6. The van der Waals surface area contributed by atoms with Crippen molar-refractivity contribution in [3.63, 3.8) is 0 Å². The smallest absolute Gasteiger partial charge is 0.355 e. The first-order valence-electron chi connectivity index (χ1n) is 8.17. The van der Waals surface area contributed by atoms with E-state index in [9.17, 15) is 18.0 Å². The van der Waals surface area contributed by atoms with E-state index in [0.29, 0.717) is 44.1 Å². The molecular weight excluding hydrogens is 347 g/mol. The van der Waals surface area contributed by atoms with Crippen LogP contribution in [0.15, 0.2) is 42.9 Å². The van der Waals surface area contributed by atoms with E-state index in [1.807, 2.05) is 4.90 Å². The maximum Gasteiger partial charge on any atom is 0.417 e. The van der Waals surface area contributed by atoms with Gasteiger partial charge < -0.3 is 15.1 Å². The quantitative estimate of drug-likeness (QED) is 0.888. The van der Waals surface area contributed by atoms with Crippen LogP contribution in [0, 0.1) is 0 Å². The second-order valence-corrected chi connectivity index (χ2v) is 5.90. The highest BCUT2D eigenvalue weighted by atomic mass is 19.4. The van der Waals surface area contributed by atoms with Gasteiger partial charge in [0.25, 0.3) is 0 Å². The number of aromatic nitrogens is 2. The van der Waals surface area contributed by atoms with Crippen molar-refractivity contribution >= 4 is 17.5 Å². The van der Waals surface area contributed by atoms with Gasteiger partial charge in [0.1, 0.15) is 5.82 Å². The number of amides is 2. The zero-order valence-corrected chi connectivity index (χ0v) is 13.9. The standard InChI is InChI=1S/C17H18F3N5O/c18-17(19,20)13-4-5-15(22-11-13)24-7-2-8-25(10-9-24)16(26)23-14-3-1-6-21-12-14/h1,3-6,11-12H,2,7-10H2,(H,23,26). The van der Waals surface area contributed by atoms with E-state index >= 15 is 0 Å². The first-order valence-corrected chi connectivity index (χ1v) is 8.17. The molecule has 0 unspecified atom stereocenters. The van der Waals surface area contributed by atoms with Crippen molar-refractivity contribution in [2.24, 2.45) is 0 Å². The number of carbonyl (C=O) groups is 1. The van der Waals surface area contributed by atoms with E-state index in [2.05, 4.69) is 15.3 Å². The van der Waals surface area contributed by atoms with Gasteiger partial charge in [-0.1, -0.05) is 0 Å². The fourth-order valence-corrected chi connectivity index (χ4v) is 2.73. The van der Waals surface area contributed by atoms with Crippen molar-refractivity contribution in [3.8, 4) is 0 Å². The SMILES string of the molecule is O=C(Nc1cccnc1)N1CCCN(c2ccc(C(F)(F)F)cn2)CC1. The van der Waals surface area contributed by atoms with Crippen LogP contribution in [0.1, 0.15) is 12.0 Å². The summed E-state index contributed by atoms with van der Waals surface area (Å²) in [5.41, 5.74) is -0.156. The summed E-state index contributed by atoms with van der Waals surface area (Å²) < 4.78 is 37.9. The summed E-state index contributed by atoms with van der Waals surface area (Å²) in [6.07, 6.45) is 0.326. The van der Waals surface area contributed by atoms with Crippen LogP contribution in [0.4, 0.5) is 29.5 Å². The zero-order valence-electron chi connectivity index (χ0n) is 13.9. The number of alkyl halides is 3. The molecule has 0 bridgehead atoms. The van der Waals surface area contributed by atoms with E-state index in [1.165, 1.54) is 6.07 Å². The maximum atomic E-state index is 12.6. The first-order chi connectivity index (χ1) is 12.4. The minimum atomic E-state index is -4.40. The van der Waals surface area contributed by atoms with Gasteiger partial charge in [0.05, 0.1) is 17.4 Å². The van der Waals surface area contributed by atoms with Gasteiger partial charge >= 0.3 is 12.2 Å². The summed E-state index contributed by atoms with van der Waals surface area (Å²) in [4.78, 5) is 23.8. The molecule has 0 aromatic carbocycles. The van der Waals surface area contributed by atoms with Crippen LogP contribution in [0.25, 0.3) is 0 Å². The molecule has 1 saturated heterocycles. The van der Waals surface area contributed by atoms with E-state index in [4.69, 9.17) is 0 Å². The first kappa shape index (κ1) is 18.0. The van der Waals surface area contributed by atoms with Gasteiger partial charge in [-0.05, 0) is 30.7 Å². The van der Waals surface area contributed by atoms with Crippen molar-refractivity contribution < 1.29 is 18.0 Å². The van der Waals surface area contributed by atoms with Crippen LogP contribution in [0.2, 0.25) is 0 Å². The molecule has 2 amide bonds. The number of pyridine rings is 2. The van der Waals surface area contributed by atoms with Gasteiger partial charge in [-0.3, -0.25) is 4.98 Å². The number of halogens is 3. The molecule has 2 aromatic rings. The van der Waals surface area contributed by atoms with Gasteiger partial charge in [0, 0.05) is 38.6 Å². The molecule has 0 spiro atoms. The highest BCUT2D eigenvalue weighted by molar-refractivity contribution is 5.89. The van der Waals surface area contributed by atoms with Crippen molar-refractivity contribution in [2.45, 2.75) is 12.6 Å². The Morgan fingerprint density at radius 2 is 1.92 bits per heavy atom. The third kappa shape index (κ3) is 4.41. The van der Waals surface area contributed by atoms with E-state index in [1.54, 1.807) is 29.4 Å². The van der Waals surface area contributed by atoms with Crippen LogP contribution in [0.3, 0.4) is 0 Å². The van der Waals surface area contributed by atoms with E-state index < -0.39 is 11.7 Å². The molecule has 9 heteroatoms. The molecule has 1 fully saturated rings. The fraction of sp³-hybridized carbons (Fsp3) is 0.353. The lowest BCUT2D eigenvalue weighted by molar-refractivity contribution is -0.137. The maximum absolute atomic E-state index is 12.6. The number of hydrogen-bond donors (Lipinski definition) is 1. The third-order valence-electron chi connectivity index (χ3n) is 4.10. The van der Waals surface area contributed by atoms with Gasteiger partial charge in [0.15, 0.2) is 0 Å². The summed E-state index contributed by atoms with van der Waals surface area (Å²) in [6, 6.07) is 5.66. The number of rotatable bonds is 2. The molecule has 0 radical (unpaired) electrons. The monoisotopic (exact) mass is 365 g/mol. The molecule has 0 atom stereocenters. The molecule has 1 N–H and O–H groups in total. The number of anilines is 2. The lowest BCUT2D eigenvalue weighted by atomic mass is 10.2. The number of hydrogen-bond acceptors (Lipinski definition) is 4. The predicted molar refractivity (Wildman–Crippen MR) is 90.9 cm³/mol. The molecule has 0 aliphatic carbocycles. The van der Waals surface area contributed by atoms with Crippen molar-refractivity contribution in [1.82, 2.24) is 14.9 Å². The van der Waals surface area contributed by atoms with Crippen LogP contribution in [-0.2, 0) is 6.18 Å². The Morgan fingerprint density at radius 3 is 2.58 bits per heavy atom. The van der Waals surface area contributed by atoms with Crippen LogP contribution < -0.4 is 10.2 Å². The van der Waals surface area contributed by atoms with Crippen molar-refractivity contribution in [3.05, 3.63) is 48.4 Å². The van der Waals surface area contributed by atoms with Crippen LogP contribution in [-0.4, -0.2) is 47.1 Å². The second-order valence-electron chi connectivity index (χ2n) is 5.90. The Morgan fingerprint density at radius 1 is 1.08 bits per heavy atom. The summed E-state index contributed by atoms with van der Waals surface area (Å²) in [7, 11) is 0. The van der Waals surface area contributed by atoms with Crippen molar-refractivity contribution in [2.75, 3.05) is 36.4 Å². The van der Waals surface area contributed by atoms with Gasteiger partial charge in [-0.2, -0.15) is 13.2 Å². The molecule has 6 nitrogen and oxygen atoms in total. The Balaban J connectivity index is 1.60. The summed E-state index contributed by atoms with van der Waals surface area (Å²) in [5.74, 6) is 0.479. The molecule has 1 aliphatic rings. The predicted octanol–water partition coefficient (Wildman–Crippen LogP) is 3.24. The molecule has 1 aliphatic heterocycles. The van der Waals surface area contributed by atoms with Gasteiger partial charge in [0.2, 0.25) is 0 Å². The normalized spacial score (nSPS) is 15.5. The lowest BCUT2D eigenvalue weighted by Crippen LogP contribution is -2.38. The Hall–Kier alpha value is -2.84. The topological polar surface area (TPSA) is 61.4 Å². The van der Waals surface area contributed by atoms with E-state index in [0.717, 1.165) is 12.3 Å². The number of nitrogens with zero attached hydrogens (tertiary/aromatic N) is 4. The highest BCUT2D eigenvalue weighted by Gasteiger charge is 2.31. The average molecular weight is 365 g/mol. The summed E-state index contributed by atoms with van der Waals surface area (Å²) >= 11 is 0. The summed E-state index contributed by atoms with van der Waals surface area (Å²) in [6.45, 7) is 2.13. The second kappa shape index (κ2) is 7.59. The van der Waals surface area contributed by atoms with Crippen LogP contribution in [0.5, 0.6) is 0 Å². The highest BCUT2D eigenvalue weighted by Crippen LogP contribution is 2.29. The summed E-state index contributed by atoms with van der Waals surface area (Å²) in [5, 5.41) is 2.78. The van der Waals surface area contributed by atoms with Gasteiger partial charge in [-0.15, -0.1) is 0 Å². The van der Waals surface area contributed by atoms with Gasteiger partial charge in [-0.25, -0.2) is 9.78 Å². The Bertz CT molecular complexity index is 736. The third-order valence-corrected chi connectivity index (χ3v) is 4.10. The largest absolute Gasteiger partial charge is 0.417 e. The molecular formula is C17H18F3N5O. The number of urea groups is 1. The molecule has 3 heterocycles. The minimum Gasteiger partial charge on any atom is -0.355 e. The molecule has 3 rings (SSSR count). The fourth-order valence-electron chi connectivity index (χ4n) is 2.73. The number of nitrogens with one attached hydrogen (secondary N) is 1. The van der Waals surface area contributed by atoms with E-state index in [-0.39, 0.29) is 6.03 Å².